The molecule has 0 radical (unpaired) electrons. The van der Waals surface area contributed by atoms with E-state index in [1.807, 2.05) is 6.92 Å². The lowest BCUT2D eigenvalue weighted by molar-refractivity contribution is -0.121. The summed E-state index contributed by atoms with van der Waals surface area (Å²) in [6, 6.07) is 0. The van der Waals surface area contributed by atoms with E-state index in [0.29, 0.717) is 13.0 Å². The van der Waals surface area contributed by atoms with Gasteiger partial charge in [-0.1, -0.05) is 48.6 Å². The van der Waals surface area contributed by atoms with Crippen LogP contribution in [0.25, 0.3) is 0 Å². The molecule has 1 aliphatic rings. The maximum absolute atomic E-state index is 11.7. The third-order valence-electron chi connectivity index (χ3n) is 4.31. The molecule has 1 aliphatic heterocycles. The van der Waals surface area contributed by atoms with Gasteiger partial charge in [0, 0.05) is 25.8 Å². The molecule has 4 nitrogen and oxygen atoms in total. The maximum Gasteiger partial charge on any atom is 0.220 e. The van der Waals surface area contributed by atoms with Gasteiger partial charge in [0.25, 0.3) is 0 Å². The van der Waals surface area contributed by atoms with Gasteiger partial charge in [-0.05, 0) is 51.9 Å². The van der Waals surface area contributed by atoms with Gasteiger partial charge in [-0.25, -0.2) is 0 Å². The average Bonchev–Trinajstić information content (AvgIpc) is 3.41. The number of carbonyl (C=O) groups is 1. The summed E-state index contributed by atoms with van der Waals surface area (Å²) in [6.07, 6.45) is 31.8. The first-order valence-corrected chi connectivity index (χ1v) is 10.4. The van der Waals surface area contributed by atoms with Crippen LogP contribution in [0.5, 0.6) is 0 Å². The van der Waals surface area contributed by atoms with Crippen molar-refractivity contribution < 1.29 is 4.79 Å². The Bertz CT molecular complexity index is 614. The maximum atomic E-state index is 11.7. The second kappa shape index (κ2) is 15.6. The van der Waals surface area contributed by atoms with Gasteiger partial charge in [0.1, 0.15) is 0 Å². The lowest BCUT2D eigenvalue weighted by Crippen LogP contribution is -2.26. The van der Waals surface area contributed by atoms with E-state index in [4.69, 9.17) is 6.42 Å². The molecule has 0 saturated carbocycles. The molecule has 1 amide bonds. The molecule has 1 heterocycles. The Morgan fingerprint density at radius 3 is 2.00 bits per heavy atom. The minimum Gasteiger partial charge on any atom is -0.356 e. The molecule has 28 heavy (non-hydrogen) atoms. The summed E-state index contributed by atoms with van der Waals surface area (Å²) in [7, 11) is 0. The zero-order valence-corrected chi connectivity index (χ0v) is 17.3. The van der Waals surface area contributed by atoms with Crippen molar-refractivity contribution in [2.75, 3.05) is 6.54 Å². The van der Waals surface area contributed by atoms with Crippen LogP contribution in [-0.2, 0) is 4.79 Å². The molecule has 0 aliphatic carbocycles. The largest absolute Gasteiger partial charge is 0.356 e. The molecule has 0 aromatic rings. The lowest BCUT2D eigenvalue weighted by atomic mass is 10.2. The first-order valence-electron chi connectivity index (χ1n) is 10.4. The second-order valence-corrected chi connectivity index (χ2v) is 7.10. The molecular formula is C24H35N3O. The number of hydrogen-bond donors (Lipinski definition) is 1. The number of allylic oxidation sites excluding steroid dienone is 8. The number of unbranched alkanes of at least 4 members (excludes halogenated alkanes) is 3. The fraction of sp³-hybridized carbons (Fsp3) is 0.542. The molecule has 0 saturated heterocycles. The van der Waals surface area contributed by atoms with E-state index in [1.54, 1.807) is 0 Å². The fourth-order valence-corrected chi connectivity index (χ4v) is 2.46. The Morgan fingerprint density at radius 1 is 0.929 bits per heavy atom. The number of amides is 1. The first kappa shape index (κ1) is 23.6. The van der Waals surface area contributed by atoms with E-state index in [0.717, 1.165) is 57.8 Å². The lowest BCUT2D eigenvalue weighted by Gasteiger charge is -2.05. The van der Waals surface area contributed by atoms with Crippen LogP contribution in [0.4, 0.5) is 0 Å². The highest BCUT2D eigenvalue weighted by Crippen LogP contribution is 2.29. The van der Waals surface area contributed by atoms with E-state index in [9.17, 15) is 4.79 Å². The second-order valence-electron chi connectivity index (χ2n) is 7.10. The zero-order valence-electron chi connectivity index (χ0n) is 17.3. The zero-order chi connectivity index (χ0) is 20.3. The van der Waals surface area contributed by atoms with Gasteiger partial charge in [0.05, 0.1) is 0 Å². The smallest absolute Gasteiger partial charge is 0.220 e. The Labute approximate surface area is 171 Å². The van der Waals surface area contributed by atoms with Crippen LogP contribution < -0.4 is 5.32 Å². The fourth-order valence-electron chi connectivity index (χ4n) is 2.46. The molecule has 1 rings (SSSR count). The average molecular weight is 382 g/mol. The number of hydrogen-bond acceptors (Lipinski definition) is 3. The monoisotopic (exact) mass is 381 g/mol. The highest BCUT2D eigenvalue weighted by molar-refractivity contribution is 5.75. The van der Waals surface area contributed by atoms with Crippen molar-refractivity contribution in [2.45, 2.75) is 76.8 Å². The SMILES string of the molecule is C#CCCCC=CCC=CCC=CCC=CCCCC(=O)NCCC1(C)N=N1. The Kier molecular flexibility index (Phi) is 13.2. The van der Waals surface area contributed by atoms with Crippen LogP contribution in [0.3, 0.4) is 0 Å². The summed E-state index contributed by atoms with van der Waals surface area (Å²) in [6.45, 7) is 2.62. The van der Waals surface area contributed by atoms with Gasteiger partial charge in [-0.3, -0.25) is 4.79 Å². The van der Waals surface area contributed by atoms with Gasteiger partial charge in [-0.15, -0.1) is 12.3 Å². The summed E-state index contributed by atoms with van der Waals surface area (Å²) in [5.41, 5.74) is -0.223. The first-order chi connectivity index (χ1) is 13.7. The van der Waals surface area contributed by atoms with Crippen LogP contribution in [-0.4, -0.2) is 18.1 Å². The third-order valence-corrected chi connectivity index (χ3v) is 4.31. The van der Waals surface area contributed by atoms with Crippen LogP contribution >= 0.6 is 0 Å². The summed E-state index contributed by atoms with van der Waals surface area (Å²) in [4.78, 5) is 11.7. The molecule has 0 spiro atoms. The van der Waals surface area contributed by atoms with E-state index >= 15 is 0 Å². The molecule has 0 aromatic heterocycles. The molecule has 0 bridgehead atoms. The van der Waals surface area contributed by atoms with E-state index in [-0.39, 0.29) is 11.6 Å². The quantitative estimate of drug-likeness (QED) is 0.198. The third kappa shape index (κ3) is 14.7. The summed E-state index contributed by atoms with van der Waals surface area (Å²) < 4.78 is 0. The Hall–Kier alpha value is -2.41. The van der Waals surface area contributed by atoms with Crippen molar-refractivity contribution in [3.8, 4) is 12.3 Å². The molecule has 4 heteroatoms. The number of nitrogens with one attached hydrogen (secondary N) is 1. The number of nitrogens with zero attached hydrogens (tertiary/aromatic N) is 2. The van der Waals surface area contributed by atoms with Gasteiger partial charge in [0.2, 0.25) is 5.91 Å². The normalized spacial score (nSPS) is 15.1. The molecule has 152 valence electrons. The number of carbonyl (C=O) groups excluding carboxylic acids is 1. The number of terminal acetylenes is 1. The Balaban J connectivity index is 1.88. The van der Waals surface area contributed by atoms with Crippen molar-refractivity contribution in [3.63, 3.8) is 0 Å². The van der Waals surface area contributed by atoms with E-state index in [1.165, 1.54) is 0 Å². The highest BCUT2D eigenvalue weighted by Gasteiger charge is 2.32. The summed E-state index contributed by atoms with van der Waals surface area (Å²) >= 11 is 0. The minimum atomic E-state index is -0.223. The van der Waals surface area contributed by atoms with Crippen LogP contribution in [0.1, 0.15) is 71.1 Å². The van der Waals surface area contributed by atoms with Crippen molar-refractivity contribution in [1.29, 1.82) is 0 Å². The minimum absolute atomic E-state index is 0.117. The summed E-state index contributed by atoms with van der Waals surface area (Å²) in [5.74, 6) is 2.77. The van der Waals surface area contributed by atoms with Crippen molar-refractivity contribution in [2.24, 2.45) is 10.2 Å². The topological polar surface area (TPSA) is 53.8 Å². The van der Waals surface area contributed by atoms with Crippen LogP contribution in [0.2, 0.25) is 0 Å². The van der Waals surface area contributed by atoms with Gasteiger partial charge < -0.3 is 5.32 Å². The molecule has 0 unspecified atom stereocenters. The predicted molar refractivity (Wildman–Crippen MR) is 118 cm³/mol. The van der Waals surface area contributed by atoms with E-state index < -0.39 is 0 Å². The van der Waals surface area contributed by atoms with Crippen molar-refractivity contribution in [3.05, 3.63) is 48.6 Å². The summed E-state index contributed by atoms with van der Waals surface area (Å²) in [5, 5.41) is 10.8. The molecule has 0 aromatic carbocycles. The number of rotatable bonds is 16. The van der Waals surface area contributed by atoms with Crippen molar-refractivity contribution >= 4 is 5.91 Å². The van der Waals surface area contributed by atoms with Crippen molar-refractivity contribution in [1.82, 2.24) is 5.32 Å². The Morgan fingerprint density at radius 2 is 1.46 bits per heavy atom. The molecular weight excluding hydrogens is 346 g/mol. The highest BCUT2D eigenvalue weighted by atomic mass is 16.1. The van der Waals surface area contributed by atoms with Crippen LogP contribution in [0.15, 0.2) is 58.8 Å². The van der Waals surface area contributed by atoms with Gasteiger partial charge in [0.15, 0.2) is 5.66 Å². The van der Waals surface area contributed by atoms with E-state index in [2.05, 4.69) is 70.1 Å². The van der Waals surface area contributed by atoms with Gasteiger partial charge in [-0.2, -0.15) is 10.2 Å². The van der Waals surface area contributed by atoms with Crippen LogP contribution in [0, 0.1) is 12.3 Å². The standard InChI is InChI=1S/C24H35N3O/c1-3-4-5-6-7-8-9-10-11-12-13-14-15-16-17-18-19-20-23(28)25-22-21-24(2)26-27-24/h1,7-8,10-11,13-14,16-17H,4-6,9,12,15,18-22H2,2H3,(H,25,28). The molecule has 0 fully saturated rings. The predicted octanol–water partition coefficient (Wildman–Crippen LogP) is 6.04. The molecule has 1 N–H and O–H groups in total. The van der Waals surface area contributed by atoms with Gasteiger partial charge >= 0.3 is 0 Å². The molecule has 0 atom stereocenters.